The van der Waals surface area contributed by atoms with E-state index >= 15 is 0 Å². The number of aromatic nitrogens is 1. The molecule has 6 heteroatoms. The minimum atomic E-state index is -3.18. The van der Waals surface area contributed by atoms with Gasteiger partial charge in [0.15, 0.2) is 17.9 Å². The van der Waals surface area contributed by atoms with Crippen LogP contribution >= 0.6 is 0 Å². The molecule has 0 saturated heterocycles. The van der Waals surface area contributed by atoms with Gasteiger partial charge in [0.2, 0.25) is 0 Å². The lowest BCUT2D eigenvalue weighted by Gasteiger charge is -2.04. The van der Waals surface area contributed by atoms with Gasteiger partial charge in [-0.05, 0) is 0 Å². The second-order valence-electron chi connectivity index (χ2n) is 2.17. The van der Waals surface area contributed by atoms with Crippen molar-refractivity contribution in [2.75, 3.05) is 0 Å². The summed E-state index contributed by atoms with van der Waals surface area (Å²) in [4.78, 5) is 13.2. The number of hydrogen-bond acceptors (Lipinski definition) is 3. The Kier molecular flexibility index (Phi) is 2.50. The number of carbonyl (C=O) groups excluding carboxylic acids is 1. The zero-order chi connectivity index (χ0) is 10.0. The first kappa shape index (κ1) is 9.50. The van der Waals surface area contributed by atoms with E-state index in [-0.39, 0.29) is 6.29 Å². The molecule has 1 N–H and O–H groups in total. The quantitative estimate of drug-likeness (QED) is 0.723. The average Bonchev–Trinajstić information content (AvgIpc) is 2.04. The predicted octanol–water partition coefficient (Wildman–Crippen LogP) is 1.68. The van der Waals surface area contributed by atoms with E-state index in [4.69, 9.17) is 5.11 Å². The second-order valence-corrected chi connectivity index (χ2v) is 2.17. The SMILES string of the molecule is O=Cc1ncc(F)c(C(F)F)c1O. The van der Waals surface area contributed by atoms with Gasteiger partial charge in [0.25, 0.3) is 6.43 Å². The zero-order valence-corrected chi connectivity index (χ0v) is 6.17. The van der Waals surface area contributed by atoms with Gasteiger partial charge < -0.3 is 5.11 Å². The fourth-order valence-corrected chi connectivity index (χ4v) is 0.802. The molecule has 0 spiro atoms. The summed E-state index contributed by atoms with van der Waals surface area (Å²) < 4.78 is 36.7. The molecule has 0 saturated carbocycles. The van der Waals surface area contributed by atoms with Crippen LogP contribution in [0.15, 0.2) is 6.20 Å². The molecular weight excluding hydrogens is 187 g/mol. The van der Waals surface area contributed by atoms with Crippen molar-refractivity contribution >= 4 is 6.29 Å². The molecule has 1 heterocycles. The molecule has 0 aliphatic heterocycles. The minimum Gasteiger partial charge on any atom is -0.505 e. The highest BCUT2D eigenvalue weighted by molar-refractivity contribution is 5.76. The van der Waals surface area contributed by atoms with Gasteiger partial charge in [-0.25, -0.2) is 18.2 Å². The summed E-state index contributed by atoms with van der Waals surface area (Å²) in [6.07, 6.45) is -2.65. The van der Waals surface area contributed by atoms with Gasteiger partial charge in [-0.2, -0.15) is 0 Å². The lowest BCUT2D eigenvalue weighted by Crippen LogP contribution is -1.98. The topological polar surface area (TPSA) is 50.2 Å². The maximum Gasteiger partial charge on any atom is 0.270 e. The van der Waals surface area contributed by atoms with Crippen molar-refractivity contribution in [1.29, 1.82) is 0 Å². The van der Waals surface area contributed by atoms with Gasteiger partial charge in [-0.3, -0.25) is 4.79 Å². The Labute approximate surface area is 70.8 Å². The summed E-state index contributed by atoms with van der Waals surface area (Å²) in [5, 5.41) is 8.93. The summed E-state index contributed by atoms with van der Waals surface area (Å²) in [5.41, 5.74) is -1.80. The molecule has 70 valence electrons. The van der Waals surface area contributed by atoms with E-state index in [1.807, 2.05) is 0 Å². The van der Waals surface area contributed by atoms with Crippen molar-refractivity contribution in [3.05, 3.63) is 23.3 Å². The Morgan fingerprint density at radius 1 is 1.54 bits per heavy atom. The van der Waals surface area contributed by atoms with Crippen LogP contribution in [0.1, 0.15) is 22.5 Å². The van der Waals surface area contributed by atoms with Crippen molar-refractivity contribution in [3.63, 3.8) is 0 Å². The number of aldehydes is 1. The van der Waals surface area contributed by atoms with Gasteiger partial charge in [0.05, 0.1) is 11.8 Å². The molecule has 3 nitrogen and oxygen atoms in total. The van der Waals surface area contributed by atoms with Crippen LogP contribution in [0.4, 0.5) is 13.2 Å². The second kappa shape index (κ2) is 3.42. The minimum absolute atomic E-state index is 0.0701. The van der Waals surface area contributed by atoms with Crippen molar-refractivity contribution in [1.82, 2.24) is 4.98 Å². The molecule has 1 rings (SSSR count). The molecule has 0 unspecified atom stereocenters. The third-order valence-electron chi connectivity index (χ3n) is 1.40. The van der Waals surface area contributed by atoms with Crippen LogP contribution in [0.3, 0.4) is 0 Å². The molecule has 0 aliphatic rings. The van der Waals surface area contributed by atoms with Crippen LogP contribution < -0.4 is 0 Å². The number of carbonyl (C=O) groups is 1. The molecule has 0 aliphatic carbocycles. The summed E-state index contributed by atoms with van der Waals surface area (Å²) in [5.74, 6) is -2.44. The van der Waals surface area contributed by atoms with Gasteiger partial charge in [0, 0.05) is 0 Å². The lowest BCUT2D eigenvalue weighted by molar-refractivity contribution is 0.111. The van der Waals surface area contributed by atoms with E-state index in [0.717, 1.165) is 0 Å². The Morgan fingerprint density at radius 2 is 2.15 bits per heavy atom. The summed E-state index contributed by atoms with van der Waals surface area (Å²) in [7, 11) is 0. The first-order valence-corrected chi connectivity index (χ1v) is 3.18. The molecule has 13 heavy (non-hydrogen) atoms. The Hall–Kier alpha value is -1.59. The van der Waals surface area contributed by atoms with E-state index < -0.39 is 29.2 Å². The number of halogens is 3. The van der Waals surface area contributed by atoms with E-state index in [9.17, 15) is 18.0 Å². The lowest BCUT2D eigenvalue weighted by atomic mass is 10.2. The van der Waals surface area contributed by atoms with E-state index in [0.29, 0.717) is 6.20 Å². The first-order valence-electron chi connectivity index (χ1n) is 3.18. The van der Waals surface area contributed by atoms with Crippen LogP contribution in [-0.4, -0.2) is 16.4 Å². The van der Waals surface area contributed by atoms with Crippen LogP contribution in [0.25, 0.3) is 0 Å². The Balaban J connectivity index is 3.38. The highest BCUT2D eigenvalue weighted by Gasteiger charge is 2.21. The van der Waals surface area contributed by atoms with Crippen molar-refractivity contribution < 1.29 is 23.1 Å². The highest BCUT2D eigenvalue weighted by atomic mass is 19.3. The Bertz CT molecular complexity index is 341. The number of alkyl halides is 2. The summed E-state index contributed by atoms with van der Waals surface area (Å²) >= 11 is 0. The molecule has 0 fully saturated rings. The van der Waals surface area contributed by atoms with Crippen LogP contribution in [0.5, 0.6) is 5.75 Å². The molecule has 0 bridgehead atoms. The maximum atomic E-state index is 12.6. The molecule has 0 aromatic carbocycles. The predicted molar refractivity (Wildman–Crippen MR) is 36.2 cm³/mol. The number of aromatic hydroxyl groups is 1. The van der Waals surface area contributed by atoms with Crippen LogP contribution in [0.2, 0.25) is 0 Å². The average molecular weight is 191 g/mol. The van der Waals surface area contributed by atoms with Gasteiger partial charge >= 0.3 is 0 Å². The number of nitrogens with zero attached hydrogens (tertiary/aromatic N) is 1. The molecule has 0 amide bonds. The molecule has 1 aromatic rings. The third-order valence-corrected chi connectivity index (χ3v) is 1.40. The standard InChI is InChI=1S/C7H4F3NO2/c8-3-1-11-4(2-12)6(13)5(3)7(9)10/h1-2,7,13H. The number of pyridine rings is 1. The molecule has 0 atom stereocenters. The maximum absolute atomic E-state index is 12.6. The van der Waals surface area contributed by atoms with E-state index in [1.54, 1.807) is 0 Å². The van der Waals surface area contributed by atoms with Gasteiger partial charge in [-0.1, -0.05) is 0 Å². The van der Waals surface area contributed by atoms with Crippen LogP contribution in [-0.2, 0) is 0 Å². The smallest absolute Gasteiger partial charge is 0.270 e. The summed E-state index contributed by atoms with van der Waals surface area (Å²) in [6.45, 7) is 0. The Morgan fingerprint density at radius 3 is 2.62 bits per heavy atom. The largest absolute Gasteiger partial charge is 0.505 e. The third kappa shape index (κ3) is 1.61. The van der Waals surface area contributed by atoms with Gasteiger partial charge in [-0.15, -0.1) is 0 Å². The first-order chi connectivity index (χ1) is 6.07. The fourth-order valence-electron chi connectivity index (χ4n) is 0.802. The summed E-state index contributed by atoms with van der Waals surface area (Å²) in [6, 6.07) is 0. The molecule has 0 radical (unpaired) electrons. The van der Waals surface area contributed by atoms with Crippen LogP contribution in [0, 0.1) is 5.82 Å². The monoisotopic (exact) mass is 191 g/mol. The van der Waals surface area contributed by atoms with E-state index in [2.05, 4.69) is 4.98 Å². The zero-order valence-electron chi connectivity index (χ0n) is 6.17. The number of hydrogen-bond donors (Lipinski definition) is 1. The van der Waals surface area contributed by atoms with Crippen molar-refractivity contribution in [3.8, 4) is 5.75 Å². The van der Waals surface area contributed by atoms with E-state index in [1.165, 1.54) is 0 Å². The fraction of sp³-hybridized carbons (Fsp3) is 0.143. The normalized spacial score (nSPS) is 10.5. The van der Waals surface area contributed by atoms with Crippen molar-refractivity contribution in [2.45, 2.75) is 6.43 Å². The van der Waals surface area contributed by atoms with Crippen molar-refractivity contribution in [2.24, 2.45) is 0 Å². The van der Waals surface area contributed by atoms with Gasteiger partial charge in [0.1, 0.15) is 5.69 Å². The molecular formula is C7H4F3NO2. The molecule has 1 aromatic heterocycles. The number of rotatable bonds is 2. The highest BCUT2D eigenvalue weighted by Crippen LogP contribution is 2.31.